The van der Waals surface area contributed by atoms with Crippen molar-refractivity contribution in [2.75, 3.05) is 19.5 Å². The van der Waals surface area contributed by atoms with Crippen LogP contribution in [-0.4, -0.2) is 25.4 Å². The second-order valence-electron chi connectivity index (χ2n) is 5.57. The highest BCUT2D eigenvalue weighted by Crippen LogP contribution is 2.33. The molecule has 1 N–H and O–H groups in total. The first-order valence-electron chi connectivity index (χ1n) is 7.71. The van der Waals surface area contributed by atoms with Crippen LogP contribution in [0.25, 0.3) is 0 Å². The SMILES string of the molecule is COc1ccc(S[C@@H](C)C(=O)Nc2ccc(C)c(C)c2)cc1OC. The van der Waals surface area contributed by atoms with Gasteiger partial charge in [0.25, 0.3) is 0 Å². The van der Waals surface area contributed by atoms with Crippen LogP contribution in [0.15, 0.2) is 41.3 Å². The van der Waals surface area contributed by atoms with Crippen molar-refractivity contribution in [3.8, 4) is 11.5 Å². The van der Waals surface area contributed by atoms with Gasteiger partial charge in [-0.3, -0.25) is 4.79 Å². The fraction of sp³-hybridized carbons (Fsp3) is 0.316. The minimum atomic E-state index is -0.232. The van der Waals surface area contributed by atoms with E-state index in [1.54, 1.807) is 14.2 Å². The maximum atomic E-state index is 12.4. The summed E-state index contributed by atoms with van der Waals surface area (Å²) in [6.07, 6.45) is 0. The molecule has 2 aromatic rings. The summed E-state index contributed by atoms with van der Waals surface area (Å²) in [7, 11) is 3.20. The molecule has 5 heteroatoms. The summed E-state index contributed by atoms with van der Waals surface area (Å²) in [6.45, 7) is 5.97. The highest BCUT2D eigenvalue weighted by Gasteiger charge is 2.16. The van der Waals surface area contributed by atoms with Gasteiger partial charge in [-0.15, -0.1) is 11.8 Å². The number of carbonyl (C=O) groups is 1. The van der Waals surface area contributed by atoms with Gasteiger partial charge in [-0.2, -0.15) is 0 Å². The number of amides is 1. The van der Waals surface area contributed by atoms with Gasteiger partial charge in [-0.25, -0.2) is 0 Å². The molecule has 0 aliphatic carbocycles. The molecule has 0 aliphatic rings. The van der Waals surface area contributed by atoms with E-state index in [9.17, 15) is 4.79 Å². The van der Waals surface area contributed by atoms with Gasteiger partial charge in [0, 0.05) is 10.6 Å². The van der Waals surface area contributed by atoms with E-state index >= 15 is 0 Å². The molecular weight excluding hydrogens is 322 g/mol. The number of anilines is 1. The number of thioether (sulfide) groups is 1. The fourth-order valence-corrected chi connectivity index (χ4v) is 3.11. The van der Waals surface area contributed by atoms with Crippen molar-refractivity contribution in [1.29, 1.82) is 0 Å². The molecule has 0 saturated heterocycles. The molecule has 0 unspecified atom stereocenters. The third kappa shape index (κ3) is 4.45. The van der Waals surface area contributed by atoms with Gasteiger partial charge in [0.1, 0.15) is 0 Å². The Morgan fingerprint density at radius 1 is 1.00 bits per heavy atom. The number of carbonyl (C=O) groups excluding carboxylic acids is 1. The van der Waals surface area contributed by atoms with Crippen molar-refractivity contribution < 1.29 is 14.3 Å². The summed E-state index contributed by atoms with van der Waals surface area (Å²) < 4.78 is 10.5. The van der Waals surface area contributed by atoms with E-state index in [0.29, 0.717) is 11.5 Å². The number of nitrogens with one attached hydrogen (secondary N) is 1. The maximum Gasteiger partial charge on any atom is 0.237 e. The predicted molar refractivity (Wildman–Crippen MR) is 99.4 cm³/mol. The van der Waals surface area contributed by atoms with Crippen LogP contribution in [0.3, 0.4) is 0 Å². The number of rotatable bonds is 6. The van der Waals surface area contributed by atoms with E-state index in [0.717, 1.165) is 16.1 Å². The first-order valence-corrected chi connectivity index (χ1v) is 8.59. The van der Waals surface area contributed by atoms with Crippen LogP contribution in [0.5, 0.6) is 11.5 Å². The number of hydrogen-bond acceptors (Lipinski definition) is 4. The van der Waals surface area contributed by atoms with Crippen molar-refractivity contribution in [3.05, 3.63) is 47.5 Å². The van der Waals surface area contributed by atoms with E-state index in [1.807, 2.05) is 50.2 Å². The zero-order valence-electron chi connectivity index (χ0n) is 14.7. The molecule has 0 saturated carbocycles. The average molecular weight is 345 g/mol. The Labute approximate surface area is 147 Å². The van der Waals surface area contributed by atoms with E-state index in [-0.39, 0.29) is 11.2 Å². The van der Waals surface area contributed by atoms with Crippen molar-refractivity contribution in [2.45, 2.75) is 30.9 Å². The molecule has 0 aromatic heterocycles. The Balaban J connectivity index is 2.04. The monoisotopic (exact) mass is 345 g/mol. The van der Waals surface area contributed by atoms with Crippen LogP contribution in [0.4, 0.5) is 5.69 Å². The number of ether oxygens (including phenoxy) is 2. The Hall–Kier alpha value is -2.14. The van der Waals surface area contributed by atoms with Crippen LogP contribution in [0.1, 0.15) is 18.1 Å². The Morgan fingerprint density at radius 2 is 1.71 bits per heavy atom. The molecule has 4 nitrogen and oxygen atoms in total. The molecule has 2 rings (SSSR count). The number of benzene rings is 2. The van der Waals surface area contributed by atoms with Crippen LogP contribution in [-0.2, 0) is 4.79 Å². The van der Waals surface area contributed by atoms with E-state index in [1.165, 1.54) is 17.3 Å². The Morgan fingerprint density at radius 3 is 2.33 bits per heavy atom. The molecule has 0 fully saturated rings. The van der Waals surface area contributed by atoms with Crippen molar-refractivity contribution in [3.63, 3.8) is 0 Å². The molecule has 0 radical (unpaired) electrons. The molecule has 1 atom stereocenters. The zero-order chi connectivity index (χ0) is 17.7. The largest absolute Gasteiger partial charge is 0.493 e. The molecule has 2 aromatic carbocycles. The normalized spacial score (nSPS) is 11.7. The molecule has 0 heterocycles. The highest BCUT2D eigenvalue weighted by atomic mass is 32.2. The van der Waals surface area contributed by atoms with E-state index in [4.69, 9.17) is 9.47 Å². The highest BCUT2D eigenvalue weighted by molar-refractivity contribution is 8.00. The molecule has 0 spiro atoms. The Kier molecular flexibility index (Phi) is 6.15. The third-order valence-electron chi connectivity index (χ3n) is 3.81. The summed E-state index contributed by atoms with van der Waals surface area (Å²) >= 11 is 1.48. The van der Waals surface area contributed by atoms with Crippen LogP contribution in [0.2, 0.25) is 0 Å². The molecule has 24 heavy (non-hydrogen) atoms. The van der Waals surface area contributed by atoms with Gasteiger partial charge in [-0.05, 0) is 62.2 Å². The van der Waals surface area contributed by atoms with E-state index < -0.39 is 0 Å². The van der Waals surface area contributed by atoms with Crippen molar-refractivity contribution >= 4 is 23.4 Å². The van der Waals surface area contributed by atoms with Gasteiger partial charge < -0.3 is 14.8 Å². The summed E-state index contributed by atoms with van der Waals surface area (Å²) in [4.78, 5) is 13.4. The van der Waals surface area contributed by atoms with Crippen molar-refractivity contribution in [2.24, 2.45) is 0 Å². The second kappa shape index (κ2) is 8.11. The minimum Gasteiger partial charge on any atom is -0.493 e. The minimum absolute atomic E-state index is 0.0296. The second-order valence-corrected chi connectivity index (χ2v) is 6.98. The summed E-state index contributed by atoms with van der Waals surface area (Å²) in [5.74, 6) is 1.30. The van der Waals surface area contributed by atoms with Crippen molar-refractivity contribution in [1.82, 2.24) is 0 Å². The van der Waals surface area contributed by atoms with E-state index in [2.05, 4.69) is 12.2 Å². The zero-order valence-corrected chi connectivity index (χ0v) is 15.5. The van der Waals surface area contributed by atoms with Gasteiger partial charge in [0.2, 0.25) is 5.91 Å². The third-order valence-corrected chi connectivity index (χ3v) is 4.91. The quantitative estimate of drug-likeness (QED) is 0.786. The summed E-state index contributed by atoms with van der Waals surface area (Å²) in [5, 5.41) is 2.73. The van der Waals surface area contributed by atoms with Crippen LogP contribution in [0, 0.1) is 13.8 Å². The predicted octanol–water partition coefficient (Wildman–Crippen LogP) is 4.44. The van der Waals surface area contributed by atoms with Gasteiger partial charge in [0.05, 0.1) is 19.5 Å². The molecule has 128 valence electrons. The lowest BCUT2D eigenvalue weighted by Gasteiger charge is -2.14. The Bertz CT molecular complexity index is 731. The molecular formula is C19H23NO3S. The smallest absolute Gasteiger partial charge is 0.237 e. The molecule has 0 aliphatic heterocycles. The average Bonchev–Trinajstić information content (AvgIpc) is 2.57. The lowest BCUT2D eigenvalue weighted by molar-refractivity contribution is -0.115. The van der Waals surface area contributed by atoms with Crippen LogP contribution >= 0.6 is 11.8 Å². The summed E-state index contributed by atoms with van der Waals surface area (Å²) in [6, 6.07) is 11.6. The first kappa shape index (κ1) is 18.2. The standard InChI is InChI=1S/C19H23NO3S/c1-12-6-7-15(10-13(12)2)20-19(21)14(3)24-16-8-9-17(22-4)18(11-16)23-5/h6-11,14H,1-5H3,(H,20,21)/t14-/m0/s1. The topological polar surface area (TPSA) is 47.6 Å². The number of hydrogen-bond donors (Lipinski definition) is 1. The van der Waals surface area contributed by atoms with Gasteiger partial charge in [-0.1, -0.05) is 6.07 Å². The summed E-state index contributed by atoms with van der Waals surface area (Å²) in [5.41, 5.74) is 3.19. The number of methoxy groups -OCH3 is 2. The van der Waals surface area contributed by atoms with Gasteiger partial charge in [0.15, 0.2) is 11.5 Å². The molecule has 0 bridgehead atoms. The lowest BCUT2D eigenvalue weighted by atomic mass is 10.1. The van der Waals surface area contributed by atoms with Gasteiger partial charge >= 0.3 is 0 Å². The van der Waals surface area contributed by atoms with Crippen LogP contribution < -0.4 is 14.8 Å². The maximum absolute atomic E-state index is 12.4. The number of aryl methyl sites for hydroxylation is 2. The first-order chi connectivity index (χ1) is 11.4. The fourth-order valence-electron chi connectivity index (χ4n) is 2.21. The lowest BCUT2D eigenvalue weighted by Crippen LogP contribution is -2.22. The molecule has 1 amide bonds.